The van der Waals surface area contributed by atoms with E-state index in [1.807, 2.05) is 6.07 Å². The smallest absolute Gasteiger partial charge is 0.464 e. The first kappa shape index (κ1) is 20.4. The summed E-state index contributed by atoms with van der Waals surface area (Å²) in [5, 5.41) is 13.0. The van der Waals surface area contributed by atoms with Crippen LogP contribution in [0.2, 0.25) is 0 Å². The number of furan rings is 1. The SMILES string of the molecule is CS(=O)(=O)c1ccc(-n2nc(OC(=O)O)cc2-c2ccc(-c3ccco3)cc2)cc1F. The molecule has 0 amide bonds. The van der Waals surface area contributed by atoms with Crippen molar-refractivity contribution in [2.45, 2.75) is 4.90 Å². The second kappa shape index (κ2) is 7.73. The molecule has 0 saturated carbocycles. The predicted octanol–water partition coefficient (Wildman–Crippen LogP) is 4.40. The van der Waals surface area contributed by atoms with Crippen LogP contribution in [0, 0.1) is 5.82 Å². The van der Waals surface area contributed by atoms with Gasteiger partial charge in [-0.3, -0.25) is 0 Å². The summed E-state index contributed by atoms with van der Waals surface area (Å²) in [6.45, 7) is 0. The Hall–Kier alpha value is -3.92. The molecule has 0 bridgehead atoms. The van der Waals surface area contributed by atoms with E-state index in [2.05, 4.69) is 9.84 Å². The summed E-state index contributed by atoms with van der Waals surface area (Å²) in [7, 11) is -3.75. The van der Waals surface area contributed by atoms with Crippen LogP contribution in [0.5, 0.6) is 5.88 Å². The quantitative estimate of drug-likeness (QED) is 0.456. The second-order valence-corrected chi connectivity index (χ2v) is 8.57. The number of sulfone groups is 1. The Labute approximate surface area is 176 Å². The summed E-state index contributed by atoms with van der Waals surface area (Å²) in [6.07, 6.45) is 0.912. The lowest BCUT2D eigenvalue weighted by molar-refractivity contribution is 0.142. The summed E-state index contributed by atoms with van der Waals surface area (Å²) < 4.78 is 49.1. The molecule has 0 atom stereocenters. The molecule has 158 valence electrons. The number of hydrogen-bond acceptors (Lipinski definition) is 6. The van der Waals surface area contributed by atoms with Crippen LogP contribution in [-0.2, 0) is 9.84 Å². The van der Waals surface area contributed by atoms with Gasteiger partial charge in [-0.25, -0.2) is 22.3 Å². The molecule has 2 aromatic carbocycles. The van der Waals surface area contributed by atoms with Gasteiger partial charge in [-0.1, -0.05) is 24.3 Å². The van der Waals surface area contributed by atoms with Gasteiger partial charge in [0, 0.05) is 29.5 Å². The van der Waals surface area contributed by atoms with E-state index in [-0.39, 0.29) is 11.6 Å². The minimum Gasteiger partial charge on any atom is -0.464 e. The van der Waals surface area contributed by atoms with Crippen molar-refractivity contribution >= 4 is 16.0 Å². The third kappa shape index (κ3) is 4.19. The molecule has 10 heteroatoms. The molecular weight excluding hydrogens is 427 g/mol. The Bertz CT molecular complexity index is 1360. The average molecular weight is 442 g/mol. The molecule has 0 aliphatic heterocycles. The van der Waals surface area contributed by atoms with Gasteiger partial charge in [-0.15, -0.1) is 5.10 Å². The van der Waals surface area contributed by atoms with Crippen molar-refractivity contribution in [2.75, 3.05) is 6.26 Å². The zero-order chi connectivity index (χ0) is 22.2. The Kier molecular flexibility index (Phi) is 5.07. The lowest BCUT2D eigenvalue weighted by Gasteiger charge is -2.09. The number of rotatable bonds is 5. The van der Waals surface area contributed by atoms with Gasteiger partial charge < -0.3 is 14.3 Å². The maximum atomic E-state index is 14.4. The topological polar surface area (TPSA) is 112 Å². The van der Waals surface area contributed by atoms with Crippen LogP contribution in [0.15, 0.2) is 76.2 Å². The second-order valence-electron chi connectivity index (χ2n) is 6.59. The average Bonchev–Trinajstić information content (AvgIpc) is 3.37. The highest BCUT2D eigenvalue weighted by molar-refractivity contribution is 7.90. The van der Waals surface area contributed by atoms with Crippen molar-refractivity contribution in [2.24, 2.45) is 0 Å². The first-order valence-electron chi connectivity index (χ1n) is 8.87. The normalized spacial score (nSPS) is 11.4. The highest BCUT2D eigenvalue weighted by atomic mass is 32.2. The largest absolute Gasteiger partial charge is 0.512 e. The third-order valence-corrected chi connectivity index (χ3v) is 5.55. The standard InChI is InChI=1S/C21H15FN2O6S/c1-31(27,28)19-9-8-15(11-16(19)22)24-17(12-20(23-24)30-21(25)26)13-4-6-14(7-5-13)18-3-2-10-29-18/h2-12H,1H3,(H,25,26). The predicted molar refractivity (Wildman–Crippen MR) is 108 cm³/mol. The van der Waals surface area contributed by atoms with Crippen LogP contribution >= 0.6 is 0 Å². The van der Waals surface area contributed by atoms with Gasteiger partial charge in [0.05, 0.1) is 17.6 Å². The monoisotopic (exact) mass is 442 g/mol. The number of halogens is 1. The lowest BCUT2D eigenvalue weighted by Crippen LogP contribution is -2.06. The highest BCUT2D eigenvalue weighted by Crippen LogP contribution is 2.30. The molecule has 1 N–H and O–H groups in total. The number of aromatic nitrogens is 2. The first-order valence-corrected chi connectivity index (χ1v) is 10.8. The van der Waals surface area contributed by atoms with E-state index in [0.717, 1.165) is 24.0 Å². The van der Waals surface area contributed by atoms with Crippen molar-refractivity contribution in [3.63, 3.8) is 0 Å². The zero-order valence-corrected chi connectivity index (χ0v) is 16.8. The van der Waals surface area contributed by atoms with Crippen LogP contribution in [0.3, 0.4) is 0 Å². The number of ether oxygens (including phenoxy) is 1. The molecule has 0 aliphatic carbocycles. The molecule has 0 spiro atoms. The summed E-state index contributed by atoms with van der Waals surface area (Å²) in [6, 6.07) is 15.6. The maximum Gasteiger partial charge on any atom is 0.512 e. The number of carbonyl (C=O) groups is 1. The molecule has 2 heterocycles. The number of carboxylic acid groups (broad SMARTS) is 1. The Morgan fingerprint density at radius 1 is 1.10 bits per heavy atom. The molecule has 31 heavy (non-hydrogen) atoms. The van der Waals surface area contributed by atoms with Gasteiger partial charge in [0.25, 0.3) is 0 Å². The molecule has 4 aromatic rings. The van der Waals surface area contributed by atoms with E-state index in [4.69, 9.17) is 9.52 Å². The van der Waals surface area contributed by atoms with E-state index in [9.17, 15) is 17.6 Å². The first-order chi connectivity index (χ1) is 14.7. The molecule has 0 fully saturated rings. The molecule has 2 aromatic heterocycles. The summed E-state index contributed by atoms with van der Waals surface area (Å²) >= 11 is 0. The van der Waals surface area contributed by atoms with Gasteiger partial charge in [0.15, 0.2) is 9.84 Å². The van der Waals surface area contributed by atoms with Gasteiger partial charge in [-0.05, 0) is 24.3 Å². The van der Waals surface area contributed by atoms with E-state index < -0.39 is 26.7 Å². The molecule has 4 rings (SSSR count). The highest BCUT2D eigenvalue weighted by Gasteiger charge is 2.19. The van der Waals surface area contributed by atoms with Crippen molar-refractivity contribution in [3.05, 3.63) is 72.7 Å². The fourth-order valence-corrected chi connectivity index (χ4v) is 3.80. The maximum absolute atomic E-state index is 14.4. The van der Waals surface area contributed by atoms with Gasteiger partial charge in [0.1, 0.15) is 16.5 Å². The number of benzene rings is 2. The summed E-state index contributed by atoms with van der Waals surface area (Å²) in [5.41, 5.74) is 2.06. The lowest BCUT2D eigenvalue weighted by atomic mass is 10.1. The minimum atomic E-state index is -3.75. The summed E-state index contributed by atoms with van der Waals surface area (Å²) in [4.78, 5) is 10.5. The van der Waals surface area contributed by atoms with E-state index >= 15 is 0 Å². The molecule has 0 radical (unpaired) electrons. The molecule has 8 nitrogen and oxygen atoms in total. The van der Waals surface area contributed by atoms with Crippen molar-refractivity contribution in [1.29, 1.82) is 0 Å². The molecular formula is C21H15FN2O6S. The van der Waals surface area contributed by atoms with E-state index in [1.165, 1.54) is 16.8 Å². The van der Waals surface area contributed by atoms with Crippen LogP contribution in [-0.4, -0.2) is 35.7 Å². The van der Waals surface area contributed by atoms with E-state index in [1.54, 1.807) is 36.6 Å². The van der Waals surface area contributed by atoms with Crippen LogP contribution in [0.1, 0.15) is 0 Å². The van der Waals surface area contributed by atoms with Crippen molar-refractivity contribution in [3.8, 4) is 34.1 Å². The Balaban J connectivity index is 1.80. The Morgan fingerprint density at radius 3 is 2.39 bits per heavy atom. The van der Waals surface area contributed by atoms with Gasteiger partial charge in [-0.2, -0.15) is 0 Å². The summed E-state index contributed by atoms with van der Waals surface area (Å²) in [5.74, 6) is -0.492. The van der Waals surface area contributed by atoms with Crippen molar-refractivity contribution < 1.29 is 31.9 Å². The minimum absolute atomic E-state index is 0.190. The molecule has 0 aliphatic rings. The fourth-order valence-electron chi connectivity index (χ4n) is 3.07. The van der Waals surface area contributed by atoms with Crippen molar-refractivity contribution in [1.82, 2.24) is 9.78 Å². The fraction of sp³-hybridized carbons (Fsp3) is 0.0476. The third-order valence-electron chi connectivity index (χ3n) is 4.42. The van der Waals surface area contributed by atoms with Crippen LogP contribution < -0.4 is 4.74 Å². The van der Waals surface area contributed by atoms with Gasteiger partial charge in [0.2, 0.25) is 5.88 Å². The number of hydrogen-bond donors (Lipinski definition) is 1. The molecule has 0 saturated heterocycles. The number of nitrogens with zero attached hydrogens (tertiary/aromatic N) is 2. The van der Waals surface area contributed by atoms with Crippen LogP contribution in [0.4, 0.5) is 9.18 Å². The van der Waals surface area contributed by atoms with Crippen LogP contribution in [0.25, 0.3) is 28.3 Å². The van der Waals surface area contributed by atoms with E-state index in [0.29, 0.717) is 17.0 Å². The molecule has 0 unspecified atom stereocenters. The Morgan fingerprint density at radius 2 is 1.81 bits per heavy atom. The van der Waals surface area contributed by atoms with Gasteiger partial charge >= 0.3 is 6.16 Å². The zero-order valence-electron chi connectivity index (χ0n) is 16.0.